The summed E-state index contributed by atoms with van der Waals surface area (Å²) >= 11 is 9.08. The summed E-state index contributed by atoms with van der Waals surface area (Å²) in [4.78, 5) is 12.0. The monoisotopic (exact) mass is 535 g/mol. The van der Waals surface area contributed by atoms with Crippen LogP contribution in [0.5, 0.6) is 5.75 Å². The molecule has 6 heteroatoms. The minimum Gasteiger partial charge on any atom is -0.495 e. The van der Waals surface area contributed by atoms with Gasteiger partial charge < -0.3 is 10.1 Å². The van der Waals surface area contributed by atoms with Crippen molar-refractivity contribution in [2.45, 2.75) is 0 Å². The lowest BCUT2D eigenvalue weighted by atomic mass is 10.2. The second-order valence-corrected chi connectivity index (χ2v) is 7.36. The number of methoxy groups -OCH3 is 1. The lowest BCUT2D eigenvalue weighted by Crippen LogP contribution is -2.07. The van der Waals surface area contributed by atoms with Crippen LogP contribution in [0.4, 0.5) is 5.69 Å². The number of carbonyl (C=O) groups is 1. The van der Waals surface area contributed by atoms with E-state index < -0.39 is 0 Å². The molecule has 0 bridgehead atoms. The highest BCUT2D eigenvalue weighted by atomic mass is 127. The Morgan fingerprint density at radius 3 is 2.55 bits per heavy atom. The number of rotatable bonds is 4. The Hall–Kier alpha value is -0.860. The first-order valence-electron chi connectivity index (χ1n) is 6.27. The molecule has 3 nitrogen and oxygen atoms in total. The standard InChI is InChI=1S/C16H12Br2INO2/c1-22-16-10(8-11(17)9-14(16)18)2-7-15(21)20-13-5-3-12(19)4-6-13/h2-9H,1H3,(H,20,21)/b7-2+. The van der Waals surface area contributed by atoms with Crippen LogP contribution in [0.1, 0.15) is 5.56 Å². The largest absolute Gasteiger partial charge is 0.495 e. The summed E-state index contributed by atoms with van der Waals surface area (Å²) < 4.78 is 8.19. The van der Waals surface area contributed by atoms with E-state index in [4.69, 9.17) is 4.74 Å². The van der Waals surface area contributed by atoms with Crippen molar-refractivity contribution in [3.05, 3.63) is 60.6 Å². The predicted octanol–water partition coefficient (Wildman–Crippen LogP) is 5.48. The van der Waals surface area contributed by atoms with Crippen molar-refractivity contribution < 1.29 is 9.53 Å². The first-order valence-corrected chi connectivity index (χ1v) is 8.93. The van der Waals surface area contributed by atoms with Crippen LogP contribution >= 0.6 is 54.5 Å². The number of carbonyl (C=O) groups excluding carboxylic acids is 1. The van der Waals surface area contributed by atoms with Gasteiger partial charge >= 0.3 is 0 Å². The molecule has 0 aliphatic carbocycles. The molecule has 0 aliphatic heterocycles. The SMILES string of the molecule is COc1c(Br)cc(Br)cc1/C=C/C(=O)Nc1ccc(I)cc1. The molecule has 0 spiro atoms. The zero-order valence-corrected chi connectivity index (χ0v) is 16.9. The smallest absolute Gasteiger partial charge is 0.248 e. The molecule has 1 amide bonds. The summed E-state index contributed by atoms with van der Waals surface area (Å²) in [5.74, 6) is 0.487. The van der Waals surface area contributed by atoms with Gasteiger partial charge in [-0.2, -0.15) is 0 Å². The molecule has 2 aromatic carbocycles. The van der Waals surface area contributed by atoms with E-state index in [-0.39, 0.29) is 5.91 Å². The van der Waals surface area contributed by atoms with E-state index in [9.17, 15) is 4.79 Å². The zero-order chi connectivity index (χ0) is 16.1. The number of hydrogen-bond acceptors (Lipinski definition) is 2. The van der Waals surface area contributed by atoms with E-state index in [1.165, 1.54) is 6.08 Å². The lowest BCUT2D eigenvalue weighted by Gasteiger charge is -2.08. The quantitative estimate of drug-likeness (QED) is 0.415. The van der Waals surface area contributed by atoms with Crippen molar-refractivity contribution in [2.24, 2.45) is 0 Å². The average molecular weight is 537 g/mol. The summed E-state index contributed by atoms with van der Waals surface area (Å²) in [6, 6.07) is 11.4. The van der Waals surface area contributed by atoms with Gasteiger partial charge in [0.1, 0.15) is 5.75 Å². The summed E-state index contributed by atoms with van der Waals surface area (Å²) in [6.45, 7) is 0. The van der Waals surface area contributed by atoms with Crippen LogP contribution in [-0.4, -0.2) is 13.0 Å². The van der Waals surface area contributed by atoms with Crippen molar-refractivity contribution in [3.8, 4) is 5.75 Å². The minimum atomic E-state index is -0.195. The molecule has 2 rings (SSSR count). The van der Waals surface area contributed by atoms with E-state index in [1.54, 1.807) is 13.2 Å². The van der Waals surface area contributed by atoms with Gasteiger partial charge in [-0.3, -0.25) is 4.79 Å². The number of ether oxygens (including phenoxy) is 1. The third-order valence-electron chi connectivity index (χ3n) is 2.77. The second-order valence-electron chi connectivity index (χ2n) is 4.34. The minimum absolute atomic E-state index is 0.195. The molecule has 114 valence electrons. The summed E-state index contributed by atoms with van der Waals surface area (Å²) in [5, 5.41) is 2.81. The highest BCUT2D eigenvalue weighted by Crippen LogP contribution is 2.33. The van der Waals surface area contributed by atoms with E-state index in [0.29, 0.717) is 5.75 Å². The van der Waals surface area contributed by atoms with Crippen LogP contribution in [0.2, 0.25) is 0 Å². The van der Waals surface area contributed by atoms with E-state index in [2.05, 4.69) is 59.8 Å². The molecule has 0 heterocycles. The van der Waals surface area contributed by atoms with Crippen LogP contribution in [-0.2, 0) is 4.79 Å². The molecule has 1 N–H and O–H groups in total. The summed E-state index contributed by atoms with van der Waals surface area (Å²) in [6.07, 6.45) is 3.20. The van der Waals surface area contributed by atoms with Gasteiger partial charge in [0.25, 0.3) is 0 Å². The van der Waals surface area contributed by atoms with Crippen LogP contribution < -0.4 is 10.1 Å². The van der Waals surface area contributed by atoms with Gasteiger partial charge in [-0.25, -0.2) is 0 Å². The molecule has 0 aromatic heterocycles. The van der Waals surface area contributed by atoms with Gasteiger partial charge in [0.05, 0.1) is 11.6 Å². The number of anilines is 1. The Kier molecular flexibility index (Phi) is 6.46. The van der Waals surface area contributed by atoms with Crippen LogP contribution in [0.3, 0.4) is 0 Å². The van der Waals surface area contributed by atoms with Crippen molar-refractivity contribution in [3.63, 3.8) is 0 Å². The predicted molar refractivity (Wildman–Crippen MR) is 105 cm³/mol. The third kappa shape index (κ3) is 4.82. The van der Waals surface area contributed by atoms with Crippen LogP contribution in [0.15, 0.2) is 51.4 Å². The van der Waals surface area contributed by atoms with Gasteiger partial charge in [0.2, 0.25) is 5.91 Å². The fourth-order valence-corrected chi connectivity index (χ4v) is 3.58. The number of hydrogen-bond donors (Lipinski definition) is 1. The molecular formula is C16H12Br2INO2. The Bertz CT molecular complexity index is 715. The molecule has 0 saturated heterocycles. The van der Waals surface area contributed by atoms with Gasteiger partial charge in [-0.1, -0.05) is 15.9 Å². The zero-order valence-electron chi connectivity index (χ0n) is 11.6. The molecule has 0 fully saturated rings. The van der Waals surface area contributed by atoms with Crippen LogP contribution in [0.25, 0.3) is 6.08 Å². The van der Waals surface area contributed by atoms with E-state index in [0.717, 1.165) is 23.8 Å². The number of benzene rings is 2. The Balaban J connectivity index is 2.14. The molecule has 0 aliphatic rings. The summed E-state index contributed by atoms with van der Waals surface area (Å²) in [7, 11) is 1.59. The van der Waals surface area contributed by atoms with Crippen molar-refractivity contribution in [2.75, 3.05) is 12.4 Å². The fraction of sp³-hybridized carbons (Fsp3) is 0.0625. The maximum Gasteiger partial charge on any atom is 0.248 e. The number of halogens is 3. The van der Waals surface area contributed by atoms with Gasteiger partial charge in [0.15, 0.2) is 0 Å². The molecule has 0 unspecified atom stereocenters. The average Bonchev–Trinajstić information content (AvgIpc) is 2.47. The van der Waals surface area contributed by atoms with Gasteiger partial charge in [-0.15, -0.1) is 0 Å². The first-order chi connectivity index (χ1) is 10.5. The van der Waals surface area contributed by atoms with E-state index >= 15 is 0 Å². The topological polar surface area (TPSA) is 38.3 Å². The second kappa shape index (κ2) is 8.12. The maximum absolute atomic E-state index is 12.0. The van der Waals surface area contributed by atoms with Crippen molar-refractivity contribution in [1.82, 2.24) is 0 Å². The molecule has 0 saturated carbocycles. The van der Waals surface area contributed by atoms with Gasteiger partial charge in [-0.05, 0) is 81.0 Å². The molecular weight excluding hydrogens is 525 g/mol. The highest BCUT2D eigenvalue weighted by Gasteiger charge is 2.07. The molecule has 0 atom stereocenters. The summed E-state index contributed by atoms with van der Waals surface area (Å²) in [5.41, 5.74) is 1.57. The number of nitrogens with one attached hydrogen (secondary N) is 1. The third-order valence-corrected chi connectivity index (χ3v) is 4.53. The van der Waals surface area contributed by atoms with E-state index in [1.807, 2.05) is 36.4 Å². The maximum atomic E-state index is 12.0. The Morgan fingerprint density at radius 2 is 1.91 bits per heavy atom. The fourth-order valence-electron chi connectivity index (χ4n) is 1.80. The first kappa shape index (κ1) is 17.5. The molecule has 2 aromatic rings. The number of amides is 1. The molecule has 22 heavy (non-hydrogen) atoms. The lowest BCUT2D eigenvalue weighted by molar-refractivity contribution is -0.111. The normalized spacial score (nSPS) is 10.7. The van der Waals surface area contributed by atoms with Crippen molar-refractivity contribution in [1.29, 1.82) is 0 Å². The highest BCUT2D eigenvalue weighted by molar-refractivity contribution is 14.1. The van der Waals surface area contributed by atoms with Crippen molar-refractivity contribution >= 4 is 72.1 Å². The molecule has 0 radical (unpaired) electrons. The Labute approximate surface area is 159 Å². The van der Waals surface area contributed by atoms with Gasteiger partial charge in [0, 0.05) is 25.4 Å². The van der Waals surface area contributed by atoms with Crippen LogP contribution in [0, 0.1) is 3.57 Å². The Morgan fingerprint density at radius 1 is 1.23 bits per heavy atom.